The molecule has 4 N–H and O–H groups in total. The Balaban J connectivity index is 3.73. The van der Waals surface area contributed by atoms with Crippen molar-refractivity contribution >= 4 is 5.91 Å². The molecule has 0 aliphatic heterocycles. The molecular formula is C40H77NO4. The molecule has 266 valence electrons. The highest BCUT2D eigenvalue weighted by Crippen LogP contribution is 2.14. The van der Waals surface area contributed by atoms with E-state index in [-0.39, 0.29) is 6.61 Å². The van der Waals surface area contributed by atoms with E-state index in [1.54, 1.807) is 6.08 Å². The van der Waals surface area contributed by atoms with Crippen LogP contribution >= 0.6 is 0 Å². The fourth-order valence-electron chi connectivity index (χ4n) is 5.88. The molecule has 3 atom stereocenters. The van der Waals surface area contributed by atoms with Gasteiger partial charge in [-0.05, 0) is 44.9 Å². The van der Waals surface area contributed by atoms with Crippen LogP contribution in [0.5, 0.6) is 0 Å². The van der Waals surface area contributed by atoms with Crippen molar-refractivity contribution in [2.24, 2.45) is 0 Å². The van der Waals surface area contributed by atoms with E-state index in [1.807, 2.05) is 6.08 Å². The van der Waals surface area contributed by atoms with Gasteiger partial charge in [-0.3, -0.25) is 4.79 Å². The van der Waals surface area contributed by atoms with Crippen molar-refractivity contribution in [1.82, 2.24) is 5.32 Å². The number of carbonyl (C=O) groups is 1. The zero-order valence-electron chi connectivity index (χ0n) is 30.0. The zero-order valence-corrected chi connectivity index (χ0v) is 30.0. The molecule has 45 heavy (non-hydrogen) atoms. The van der Waals surface area contributed by atoms with Crippen LogP contribution in [-0.2, 0) is 4.79 Å². The number of nitrogens with one attached hydrogen (secondary N) is 1. The van der Waals surface area contributed by atoms with E-state index in [1.165, 1.54) is 148 Å². The molecule has 0 aliphatic rings. The van der Waals surface area contributed by atoms with Gasteiger partial charge in [-0.1, -0.05) is 179 Å². The minimum Gasteiger partial charge on any atom is -0.394 e. The quantitative estimate of drug-likeness (QED) is 0.0412. The van der Waals surface area contributed by atoms with Crippen LogP contribution in [0.3, 0.4) is 0 Å². The standard InChI is InChI=1S/C40H77NO4/c1-3-5-7-9-11-13-15-17-19-21-23-25-27-29-31-33-35-39(44)40(45)41-37(36-42)38(43)34-32-30-28-26-24-22-20-18-16-14-12-10-8-6-4-2/h17,19,32,34,37-39,42-44H,3-16,18,20-31,33,35-36H2,1-2H3,(H,41,45)/b19-17-,34-32+. The number of amides is 1. The van der Waals surface area contributed by atoms with Gasteiger partial charge in [-0.15, -0.1) is 0 Å². The summed E-state index contributed by atoms with van der Waals surface area (Å²) >= 11 is 0. The first-order valence-electron chi connectivity index (χ1n) is 19.7. The summed E-state index contributed by atoms with van der Waals surface area (Å²) in [5.41, 5.74) is 0. The lowest BCUT2D eigenvalue weighted by Crippen LogP contribution is -2.48. The van der Waals surface area contributed by atoms with Crippen molar-refractivity contribution in [2.75, 3.05) is 6.61 Å². The number of aliphatic hydroxyl groups is 3. The maximum atomic E-state index is 12.4. The van der Waals surface area contributed by atoms with Gasteiger partial charge in [0.25, 0.3) is 0 Å². The lowest BCUT2D eigenvalue weighted by Gasteiger charge is -2.21. The van der Waals surface area contributed by atoms with Gasteiger partial charge < -0.3 is 20.6 Å². The van der Waals surface area contributed by atoms with Gasteiger partial charge in [0.15, 0.2) is 0 Å². The second kappa shape index (κ2) is 35.7. The predicted octanol–water partition coefficient (Wildman–Crippen LogP) is 10.7. The summed E-state index contributed by atoms with van der Waals surface area (Å²) in [6, 6.07) is -0.796. The molecule has 0 aromatic heterocycles. The van der Waals surface area contributed by atoms with E-state index in [0.717, 1.165) is 32.1 Å². The van der Waals surface area contributed by atoms with E-state index in [0.29, 0.717) is 6.42 Å². The Morgan fingerprint density at radius 2 is 0.889 bits per heavy atom. The Labute approximate surface area is 280 Å². The molecule has 0 aromatic carbocycles. The molecule has 0 saturated heterocycles. The predicted molar refractivity (Wildman–Crippen MR) is 195 cm³/mol. The minimum atomic E-state index is -1.10. The number of carbonyl (C=O) groups excluding carboxylic acids is 1. The van der Waals surface area contributed by atoms with Gasteiger partial charge in [-0.25, -0.2) is 0 Å². The van der Waals surface area contributed by atoms with Gasteiger partial charge in [0, 0.05) is 0 Å². The first-order valence-corrected chi connectivity index (χ1v) is 19.7. The summed E-state index contributed by atoms with van der Waals surface area (Å²) in [5, 5.41) is 33.0. The molecule has 0 fully saturated rings. The Bertz CT molecular complexity index is 665. The van der Waals surface area contributed by atoms with Gasteiger partial charge >= 0.3 is 0 Å². The molecule has 3 unspecified atom stereocenters. The topological polar surface area (TPSA) is 89.8 Å². The van der Waals surface area contributed by atoms with E-state index in [4.69, 9.17) is 0 Å². The summed E-state index contributed by atoms with van der Waals surface area (Å²) in [6.45, 7) is 4.16. The van der Waals surface area contributed by atoms with Crippen molar-refractivity contribution in [3.05, 3.63) is 24.3 Å². The number of unbranched alkanes of at least 4 members (excludes halogenated alkanes) is 25. The van der Waals surface area contributed by atoms with Crippen LogP contribution in [0.2, 0.25) is 0 Å². The third-order valence-electron chi connectivity index (χ3n) is 9.04. The number of hydrogen-bond acceptors (Lipinski definition) is 4. The largest absolute Gasteiger partial charge is 0.394 e. The molecular weight excluding hydrogens is 558 g/mol. The Kier molecular flexibility index (Phi) is 34.8. The van der Waals surface area contributed by atoms with Gasteiger partial charge in [-0.2, -0.15) is 0 Å². The number of rotatable bonds is 35. The van der Waals surface area contributed by atoms with E-state index < -0.39 is 24.2 Å². The second-order valence-electron chi connectivity index (χ2n) is 13.5. The lowest BCUT2D eigenvalue weighted by molar-refractivity contribution is -0.131. The molecule has 0 rings (SSSR count). The van der Waals surface area contributed by atoms with Crippen molar-refractivity contribution in [3.63, 3.8) is 0 Å². The SMILES string of the molecule is CCCCCCCC/C=C\CCCCCCCCC(O)C(=O)NC(CO)C(O)/C=C/CCCCCCCCCCCCCCC. The van der Waals surface area contributed by atoms with Crippen LogP contribution in [-0.4, -0.2) is 46.1 Å². The second-order valence-corrected chi connectivity index (χ2v) is 13.5. The number of hydrogen-bond donors (Lipinski definition) is 4. The van der Waals surface area contributed by atoms with Crippen molar-refractivity contribution < 1.29 is 20.1 Å². The van der Waals surface area contributed by atoms with Crippen LogP contribution in [0.25, 0.3) is 0 Å². The smallest absolute Gasteiger partial charge is 0.249 e. The summed E-state index contributed by atoms with van der Waals surface area (Å²) in [6.07, 6.45) is 41.9. The van der Waals surface area contributed by atoms with E-state index in [2.05, 4.69) is 31.3 Å². The summed E-state index contributed by atoms with van der Waals surface area (Å²) < 4.78 is 0. The molecule has 0 heterocycles. The summed E-state index contributed by atoms with van der Waals surface area (Å²) in [4.78, 5) is 12.4. The average Bonchev–Trinajstić information content (AvgIpc) is 3.04. The number of aliphatic hydroxyl groups excluding tert-OH is 3. The van der Waals surface area contributed by atoms with Crippen molar-refractivity contribution in [1.29, 1.82) is 0 Å². The van der Waals surface area contributed by atoms with Crippen LogP contribution in [0.1, 0.15) is 200 Å². The van der Waals surface area contributed by atoms with Crippen LogP contribution in [0.15, 0.2) is 24.3 Å². The number of allylic oxidation sites excluding steroid dienone is 3. The molecule has 0 bridgehead atoms. The van der Waals surface area contributed by atoms with Crippen LogP contribution in [0.4, 0.5) is 0 Å². The molecule has 1 amide bonds. The molecule has 5 heteroatoms. The minimum absolute atomic E-state index is 0.364. The van der Waals surface area contributed by atoms with E-state index >= 15 is 0 Å². The fourth-order valence-corrected chi connectivity index (χ4v) is 5.88. The first kappa shape index (κ1) is 43.8. The average molecular weight is 636 g/mol. The highest BCUT2D eigenvalue weighted by Gasteiger charge is 2.22. The van der Waals surface area contributed by atoms with Crippen molar-refractivity contribution in [2.45, 2.75) is 218 Å². The lowest BCUT2D eigenvalue weighted by atomic mass is 10.0. The maximum Gasteiger partial charge on any atom is 0.249 e. The zero-order chi connectivity index (χ0) is 33.1. The first-order chi connectivity index (χ1) is 22.1. The highest BCUT2D eigenvalue weighted by molar-refractivity contribution is 5.80. The summed E-state index contributed by atoms with van der Waals surface area (Å²) in [5.74, 6) is -0.509. The molecule has 5 nitrogen and oxygen atoms in total. The molecule has 0 aliphatic carbocycles. The van der Waals surface area contributed by atoms with Crippen LogP contribution in [0, 0.1) is 0 Å². The third-order valence-corrected chi connectivity index (χ3v) is 9.04. The monoisotopic (exact) mass is 636 g/mol. The van der Waals surface area contributed by atoms with Crippen LogP contribution < -0.4 is 5.32 Å². The van der Waals surface area contributed by atoms with Gasteiger partial charge in [0.2, 0.25) is 5.91 Å². The molecule has 0 saturated carbocycles. The Morgan fingerprint density at radius 3 is 1.29 bits per heavy atom. The van der Waals surface area contributed by atoms with Gasteiger partial charge in [0.1, 0.15) is 6.10 Å². The maximum absolute atomic E-state index is 12.4. The molecule has 0 aromatic rings. The highest BCUT2D eigenvalue weighted by atomic mass is 16.3. The summed E-state index contributed by atoms with van der Waals surface area (Å²) in [7, 11) is 0. The normalized spacial score (nSPS) is 14.0. The van der Waals surface area contributed by atoms with Gasteiger partial charge in [0.05, 0.1) is 18.8 Å². The molecule has 0 radical (unpaired) electrons. The molecule has 0 spiro atoms. The third kappa shape index (κ3) is 31.2. The fraction of sp³-hybridized carbons (Fsp3) is 0.875. The Morgan fingerprint density at radius 1 is 0.533 bits per heavy atom. The Hall–Kier alpha value is -1.17. The van der Waals surface area contributed by atoms with Crippen molar-refractivity contribution in [3.8, 4) is 0 Å². The van der Waals surface area contributed by atoms with E-state index in [9.17, 15) is 20.1 Å².